The minimum atomic E-state index is 0.343. The fraction of sp³-hybridized carbons (Fsp3) is 0.188. The standard InChI is InChI=1S/C16H13Cl3N2/c1-10-4-2-3-5-11(10)9-21-15-7-13(19)12(18)6-14(15)20-16(21)8-17/h2-7H,8-9H2,1H3. The maximum atomic E-state index is 6.14. The molecule has 0 aliphatic carbocycles. The Kier molecular flexibility index (Phi) is 4.12. The summed E-state index contributed by atoms with van der Waals surface area (Å²) in [6, 6.07) is 11.9. The highest BCUT2D eigenvalue weighted by Crippen LogP contribution is 2.29. The van der Waals surface area contributed by atoms with Gasteiger partial charge in [0.1, 0.15) is 5.82 Å². The molecule has 0 unspecified atom stereocenters. The number of nitrogens with zero attached hydrogens (tertiary/aromatic N) is 2. The van der Waals surface area contributed by atoms with Gasteiger partial charge >= 0.3 is 0 Å². The summed E-state index contributed by atoms with van der Waals surface area (Å²) in [5, 5.41) is 1.03. The fourth-order valence-electron chi connectivity index (χ4n) is 2.41. The molecule has 2 aromatic carbocycles. The van der Waals surface area contributed by atoms with E-state index >= 15 is 0 Å². The Morgan fingerprint density at radius 3 is 2.52 bits per heavy atom. The summed E-state index contributed by atoms with van der Waals surface area (Å²) < 4.78 is 2.09. The van der Waals surface area contributed by atoms with E-state index in [9.17, 15) is 0 Å². The zero-order chi connectivity index (χ0) is 15.0. The zero-order valence-electron chi connectivity index (χ0n) is 11.4. The van der Waals surface area contributed by atoms with Gasteiger partial charge in [-0.15, -0.1) is 11.6 Å². The quantitative estimate of drug-likeness (QED) is 0.581. The Labute approximate surface area is 138 Å². The van der Waals surface area contributed by atoms with Gasteiger partial charge in [-0.25, -0.2) is 4.98 Å². The van der Waals surface area contributed by atoms with Crippen LogP contribution in [0.15, 0.2) is 36.4 Å². The van der Waals surface area contributed by atoms with Gasteiger partial charge in [0.2, 0.25) is 0 Å². The summed E-state index contributed by atoms with van der Waals surface area (Å²) in [7, 11) is 0. The van der Waals surface area contributed by atoms with E-state index in [1.54, 1.807) is 6.07 Å². The highest BCUT2D eigenvalue weighted by atomic mass is 35.5. The molecule has 0 radical (unpaired) electrons. The number of benzene rings is 2. The Hall–Kier alpha value is -1.22. The van der Waals surface area contributed by atoms with Crippen LogP contribution in [-0.4, -0.2) is 9.55 Å². The Morgan fingerprint density at radius 1 is 1.10 bits per heavy atom. The van der Waals surface area contributed by atoms with Gasteiger partial charge in [-0.2, -0.15) is 0 Å². The molecular weight excluding hydrogens is 327 g/mol. The first-order valence-corrected chi connectivity index (χ1v) is 7.84. The van der Waals surface area contributed by atoms with Gasteiger partial charge in [-0.05, 0) is 30.2 Å². The second kappa shape index (κ2) is 5.88. The van der Waals surface area contributed by atoms with Crippen LogP contribution in [-0.2, 0) is 12.4 Å². The first kappa shape index (κ1) is 14.7. The largest absolute Gasteiger partial charge is 0.322 e. The van der Waals surface area contributed by atoms with Gasteiger partial charge in [-0.1, -0.05) is 47.5 Å². The molecule has 1 aromatic heterocycles. The average Bonchev–Trinajstić information content (AvgIpc) is 2.79. The molecule has 0 N–H and O–H groups in total. The van der Waals surface area contributed by atoms with Gasteiger partial charge < -0.3 is 4.57 Å². The van der Waals surface area contributed by atoms with Crippen LogP contribution in [0.4, 0.5) is 0 Å². The molecule has 2 nitrogen and oxygen atoms in total. The smallest absolute Gasteiger partial charge is 0.125 e. The molecule has 0 amide bonds. The second-order valence-electron chi connectivity index (χ2n) is 4.93. The first-order chi connectivity index (χ1) is 10.1. The molecule has 0 aliphatic rings. The number of halogens is 3. The Balaban J connectivity index is 2.16. The molecule has 3 rings (SSSR count). The molecule has 0 atom stereocenters. The van der Waals surface area contributed by atoms with E-state index in [4.69, 9.17) is 34.8 Å². The summed E-state index contributed by atoms with van der Waals surface area (Å²) in [6.45, 7) is 2.81. The van der Waals surface area contributed by atoms with Crippen molar-refractivity contribution in [3.63, 3.8) is 0 Å². The summed E-state index contributed by atoms with van der Waals surface area (Å²) in [5.74, 6) is 1.16. The van der Waals surface area contributed by atoms with E-state index in [1.165, 1.54) is 11.1 Å². The van der Waals surface area contributed by atoms with Crippen molar-refractivity contribution in [1.29, 1.82) is 0 Å². The number of aryl methyl sites for hydroxylation is 1. The minimum absolute atomic E-state index is 0.343. The van der Waals surface area contributed by atoms with Crippen molar-refractivity contribution in [2.24, 2.45) is 0 Å². The fourth-order valence-corrected chi connectivity index (χ4v) is 2.93. The van der Waals surface area contributed by atoms with Crippen LogP contribution in [0.5, 0.6) is 0 Å². The molecule has 0 saturated heterocycles. The maximum Gasteiger partial charge on any atom is 0.125 e. The van der Waals surface area contributed by atoms with Crippen LogP contribution < -0.4 is 0 Å². The molecule has 0 aliphatic heterocycles. The van der Waals surface area contributed by atoms with Crippen molar-refractivity contribution in [2.75, 3.05) is 0 Å². The lowest BCUT2D eigenvalue weighted by molar-refractivity contribution is 0.774. The van der Waals surface area contributed by atoms with Gasteiger partial charge in [0, 0.05) is 6.54 Å². The predicted octanol–water partition coefficient (Wildman–Crippen LogP) is 5.44. The Morgan fingerprint density at radius 2 is 1.81 bits per heavy atom. The van der Waals surface area contributed by atoms with Crippen LogP contribution >= 0.6 is 34.8 Å². The highest BCUT2D eigenvalue weighted by molar-refractivity contribution is 6.42. The lowest BCUT2D eigenvalue weighted by atomic mass is 10.1. The molecule has 0 fully saturated rings. The predicted molar refractivity (Wildman–Crippen MR) is 89.6 cm³/mol. The van der Waals surface area contributed by atoms with E-state index in [1.807, 2.05) is 18.2 Å². The van der Waals surface area contributed by atoms with E-state index in [-0.39, 0.29) is 0 Å². The number of hydrogen-bond donors (Lipinski definition) is 0. The molecule has 0 bridgehead atoms. The summed E-state index contributed by atoms with van der Waals surface area (Å²) >= 11 is 18.2. The normalized spacial score (nSPS) is 11.2. The summed E-state index contributed by atoms with van der Waals surface area (Å²) in [6.07, 6.45) is 0. The van der Waals surface area contributed by atoms with E-state index in [2.05, 4.69) is 28.6 Å². The third-order valence-corrected chi connectivity index (χ3v) is 4.54. The van der Waals surface area contributed by atoms with E-state index in [0.717, 1.165) is 16.9 Å². The third kappa shape index (κ3) is 2.76. The number of hydrogen-bond acceptors (Lipinski definition) is 1. The lowest BCUT2D eigenvalue weighted by Gasteiger charge is -2.10. The molecular formula is C16H13Cl3N2. The SMILES string of the molecule is Cc1ccccc1Cn1c(CCl)nc2cc(Cl)c(Cl)cc21. The number of imidazole rings is 1. The van der Waals surface area contributed by atoms with Gasteiger partial charge in [-0.3, -0.25) is 0 Å². The van der Waals surface area contributed by atoms with Crippen molar-refractivity contribution < 1.29 is 0 Å². The van der Waals surface area contributed by atoms with Crippen molar-refractivity contribution in [1.82, 2.24) is 9.55 Å². The van der Waals surface area contributed by atoms with Crippen molar-refractivity contribution in [3.05, 3.63) is 63.4 Å². The van der Waals surface area contributed by atoms with Crippen molar-refractivity contribution >= 4 is 45.8 Å². The molecule has 3 aromatic rings. The highest BCUT2D eigenvalue weighted by Gasteiger charge is 2.13. The topological polar surface area (TPSA) is 17.8 Å². The number of alkyl halides is 1. The Bertz CT molecular complexity index is 809. The van der Waals surface area contributed by atoms with Crippen molar-refractivity contribution in [3.8, 4) is 0 Å². The van der Waals surface area contributed by atoms with Gasteiger partial charge in [0.05, 0.1) is 27.0 Å². The van der Waals surface area contributed by atoms with Crippen LogP contribution in [0.1, 0.15) is 17.0 Å². The molecule has 0 saturated carbocycles. The van der Waals surface area contributed by atoms with Crippen LogP contribution in [0.2, 0.25) is 10.0 Å². The number of rotatable bonds is 3. The zero-order valence-corrected chi connectivity index (χ0v) is 13.7. The molecule has 108 valence electrons. The number of fused-ring (bicyclic) bond motifs is 1. The molecule has 0 spiro atoms. The first-order valence-electron chi connectivity index (χ1n) is 6.55. The minimum Gasteiger partial charge on any atom is -0.322 e. The summed E-state index contributed by atoms with van der Waals surface area (Å²) in [5.41, 5.74) is 4.23. The van der Waals surface area contributed by atoms with Crippen LogP contribution in [0, 0.1) is 6.92 Å². The monoisotopic (exact) mass is 338 g/mol. The second-order valence-corrected chi connectivity index (χ2v) is 6.01. The third-order valence-electron chi connectivity index (χ3n) is 3.58. The molecule has 5 heteroatoms. The van der Waals surface area contributed by atoms with Gasteiger partial charge in [0.15, 0.2) is 0 Å². The molecule has 1 heterocycles. The van der Waals surface area contributed by atoms with Crippen LogP contribution in [0.3, 0.4) is 0 Å². The number of aromatic nitrogens is 2. The van der Waals surface area contributed by atoms with E-state index < -0.39 is 0 Å². The maximum absolute atomic E-state index is 6.14. The van der Waals surface area contributed by atoms with Crippen molar-refractivity contribution in [2.45, 2.75) is 19.3 Å². The van der Waals surface area contributed by atoms with Gasteiger partial charge in [0.25, 0.3) is 0 Å². The lowest BCUT2D eigenvalue weighted by Crippen LogP contribution is -2.05. The molecule has 21 heavy (non-hydrogen) atoms. The average molecular weight is 340 g/mol. The van der Waals surface area contributed by atoms with Crippen LogP contribution in [0.25, 0.3) is 11.0 Å². The summed E-state index contributed by atoms with van der Waals surface area (Å²) in [4.78, 5) is 4.55. The van der Waals surface area contributed by atoms with E-state index in [0.29, 0.717) is 22.5 Å².